The predicted octanol–water partition coefficient (Wildman–Crippen LogP) is 1.71. The lowest BCUT2D eigenvalue weighted by molar-refractivity contribution is -0.125. The van der Waals surface area contributed by atoms with Crippen molar-refractivity contribution in [2.75, 3.05) is 13.1 Å². The van der Waals surface area contributed by atoms with E-state index in [1.807, 2.05) is 0 Å². The van der Waals surface area contributed by atoms with Crippen LogP contribution in [0, 0.1) is 11.8 Å². The lowest BCUT2D eigenvalue weighted by Gasteiger charge is -2.28. The van der Waals surface area contributed by atoms with Gasteiger partial charge in [0.15, 0.2) is 0 Å². The van der Waals surface area contributed by atoms with Crippen molar-refractivity contribution in [1.29, 1.82) is 0 Å². The van der Waals surface area contributed by atoms with Crippen LogP contribution in [0.2, 0.25) is 0 Å². The van der Waals surface area contributed by atoms with Crippen LogP contribution in [0.25, 0.3) is 0 Å². The van der Waals surface area contributed by atoms with E-state index in [9.17, 15) is 4.79 Å². The summed E-state index contributed by atoms with van der Waals surface area (Å²) in [7, 11) is 0. The van der Waals surface area contributed by atoms with Crippen molar-refractivity contribution in [2.24, 2.45) is 11.8 Å². The van der Waals surface area contributed by atoms with Crippen LogP contribution in [0.15, 0.2) is 0 Å². The number of carbonyl (C=O) groups is 1. The van der Waals surface area contributed by atoms with Crippen LogP contribution in [0.3, 0.4) is 0 Å². The van der Waals surface area contributed by atoms with Crippen molar-refractivity contribution in [3.05, 3.63) is 0 Å². The molecule has 1 aliphatic heterocycles. The number of amides is 1. The molecule has 0 bridgehead atoms. The highest BCUT2D eigenvalue weighted by atomic mass is 35.5. The zero-order valence-corrected chi connectivity index (χ0v) is 10.8. The van der Waals surface area contributed by atoms with Gasteiger partial charge in [0.2, 0.25) is 5.91 Å². The number of halogens is 1. The van der Waals surface area contributed by atoms with Gasteiger partial charge in [-0.2, -0.15) is 0 Å². The summed E-state index contributed by atoms with van der Waals surface area (Å²) in [6.07, 6.45) is 5.96. The Bertz CT molecular complexity index is 229. The summed E-state index contributed by atoms with van der Waals surface area (Å²) in [5.41, 5.74) is 0. The molecule has 1 aliphatic carbocycles. The lowest BCUT2D eigenvalue weighted by Crippen LogP contribution is -2.41. The zero-order chi connectivity index (χ0) is 10.7. The van der Waals surface area contributed by atoms with Crippen molar-refractivity contribution in [3.63, 3.8) is 0 Å². The van der Waals surface area contributed by atoms with Gasteiger partial charge < -0.3 is 10.6 Å². The molecule has 2 unspecified atom stereocenters. The molecule has 1 saturated heterocycles. The summed E-state index contributed by atoms with van der Waals surface area (Å²) in [4.78, 5) is 11.9. The number of nitrogens with one attached hydrogen (secondary N) is 2. The van der Waals surface area contributed by atoms with Gasteiger partial charge in [-0.15, -0.1) is 12.4 Å². The summed E-state index contributed by atoms with van der Waals surface area (Å²) in [5.74, 6) is 1.28. The molecule has 2 N–H and O–H groups in total. The third-order valence-electron chi connectivity index (χ3n) is 3.71. The van der Waals surface area contributed by atoms with Crippen molar-refractivity contribution in [1.82, 2.24) is 10.6 Å². The third-order valence-corrected chi connectivity index (χ3v) is 3.71. The smallest absolute Gasteiger partial charge is 0.224 e. The molecule has 2 fully saturated rings. The number of carbonyl (C=O) groups excluding carboxylic acids is 1. The molecule has 0 radical (unpaired) electrons. The van der Waals surface area contributed by atoms with Gasteiger partial charge in [-0.3, -0.25) is 4.79 Å². The molecule has 4 heteroatoms. The monoisotopic (exact) mass is 246 g/mol. The molecule has 3 nitrogen and oxygen atoms in total. The number of hydrogen-bond acceptors (Lipinski definition) is 2. The van der Waals surface area contributed by atoms with Crippen LogP contribution in [0.1, 0.15) is 39.0 Å². The first-order chi connectivity index (χ1) is 7.25. The molecule has 0 aromatic heterocycles. The first kappa shape index (κ1) is 13.8. The molecule has 1 heterocycles. The summed E-state index contributed by atoms with van der Waals surface area (Å²) in [5, 5.41) is 6.45. The quantitative estimate of drug-likeness (QED) is 0.779. The van der Waals surface area contributed by atoms with Gasteiger partial charge in [0.1, 0.15) is 0 Å². The Hall–Kier alpha value is -0.280. The van der Waals surface area contributed by atoms with Crippen LogP contribution in [0.5, 0.6) is 0 Å². The van der Waals surface area contributed by atoms with Gasteiger partial charge in [0.05, 0.1) is 5.92 Å². The molecular formula is C12H23ClN2O. The van der Waals surface area contributed by atoms with E-state index in [1.165, 1.54) is 25.7 Å². The Morgan fingerprint density at radius 3 is 2.75 bits per heavy atom. The van der Waals surface area contributed by atoms with Crippen LogP contribution >= 0.6 is 12.4 Å². The minimum atomic E-state index is 0. The fourth-order valence-corrected chi connectivity index (χ4v) is 2.76. The topological polar surface area (TPSA) is 41.1 Å². The minimum absolute atomic E-state index is 0. The molecule has 0 aromatic rings. The average Bonchev–Trinajstić information content (AvgIpc) is 2.70. The van der Waals surface area contributed by atoms with E-state index in [-0.39, 0.29) is 24.2 Å². The van der Waals surface area contributed by atoms with Crippen molar-refractivity contribution in [3.8, 4) is 0 Å². The van der Waals surface area contributed by atoms with E-state index in [1.54, 1.807) is 0 Å². The molecule has 94 valence electrons. The van der Waals surface area contributed by atoms with Gasteiger partial charge in [-0.1, -0.05) is 19.8 Å². The van der Waals surface area contributed by atoms with Gasteiger partial charge >= 0.3 is 0 Å². The van der Waals surface area contributed by atoms with Crippen LogP contribution < -0.4 is 10.6 Å². The van der Waals surface area contributed by atoms with Crippen molar-refractivity contribution in [2.45, 2.75) is 45.1 Å². The molecule has 1 amide bonds. The molecule has 0 spiro atoms. The Kier molecular flexibility index (Phi) is 5.56. The Balaban J connectivity index is 0.00000128. The first-order valence-electron chi connectivity index (χ1n) is 6.27. The molecule has 1 saturated carbocycles. The summed E-state index contributed by atoms with van der Waals surface area (Å²) < 4.78 is 0. The van der Waals surface area contributed by atoms with Crippen molar-refractivity contribution >= 4 is 18.3 Å². The molecular weight excluding hydrogens is 224 g/mol. The number of hydrogen-bond donors (Lipinski definition) is 2. The lowest BCUT2D eigenvalue weighted by atomic mass is 9.87. The summed E-state index contributed by atoms with van der Waals surface area (Å²) in [6, 6.07) is 0.446. The summed E-state index contributed by atoms with van der Waals surface area (Å²) >= 11 is 0. The second kappa shape index (κ2) is 6.45. The highest BCUT2D eigenvalue weighted by Gasteiger charge is 2.26. The van der Waals surface area contributed by atoms with Gasteiger partial charge in [0, 0.05) is 12.6 Å². The maximum Gasteiger partial charge on any atom is 0.224 e. The van der Waals surface area contributed by atoms with Crippen LogP contribution in [-0.2, 0) is 4.79 Å². The Morgan fingerprint density at radius 1 is 1.31 bits per heavy atom. The highest BCUT2D eigenvalue weighted by Crippen LogP contribution is 2.23. The fourth-order valence-electron chi connectivity index (χ4n) is 2.76. The normalized spacial score (nSPS) is 34.2. The zero-order valence-electron chi connectivity index (χ0n) is 10.00. The van der Waals surface area contributed by atoms with Crippen molar-refractivity contribution < 1.29 is 4.79 Å². The van der Waals surface area contributed by atoms with Gasteiger partial charge in [0.25, 0.3) is 0 Å². The predicted molar refractivity (Wildman–Crippen MR) is 67.8 cm³/mol. The SMILES string of the molecule is CC1CCCC(NC(=O)[C@@H]2CCNC2)C1.Cl. The Morgan fingerprint density at radius 2 is 2.12 bits per heavy atom. The molecule has 3 atom stereocenters. The fraction of sp³-hybridized carbons (Fsp3) is 0.917. The molecule has 2 rings (SSSR count). The van der Waals surface area contributed by atoms with Crippen LogP contribution in [0.4, 0.5) is 0 Å². The van der Waals surface area contributed by atoms with Gasteiger partial charge in [-0.25, -0.2) is 0 Å². The maximum absolute atomic E-state index is 11.9. The van der Waals surface area contributed by atoms with Gasteiger partial charge in [-0.05, 0) is 31.7 Å². The largest absolute Gasteiger partial charge is 0.353 e. The molecule has 2 aliphatic rings. The van der Waals surface area contributed by atoms with E-state index < -0.39 is 0 Å². The van der Waals surface area contributed by atoms with E-state index in [0.717, 1.165) is 25.4 Å². The minimum Gasteiger partial charge on any atom is -0.353 e. The van der Waals surface area contributed by atoms with E-state index in [4.69, 9.17) is 0 Å². The Labute approximate surface area is 104 Å². The second-order valence-electron chi connectivity index (χ2n) is 5.17. The molecule has 16 heavy (non-hydrogen) atoms. The third kappa shape index (κ3) is 3.63. The standard InChI is InChI=1S/C12H22N2O.ClH/c1-9-3-2-4-11(7-9)14-12(15)10-5-6-13-8-10;/h9-11,13H,2-8H2,1H3,(H,14,15);1H/t9?,10-,11?;/m1./s1. The second-order valence-corrected chi connectivity index (χ2v) is 5.17. The summed E-state index contributed by atoms with van der Waals surface area (Å²) in [6.45, 7) is 4.16. The maximum atomic E-state index is 11.9. The van der Waals surface area contributed by atoms with Crippen LogP contribution in [-0.4, -0.2) is 25.0 Å². The first-order valence-corrected chi connectivity index (χ1v) is 6.27. The average molecular weight is 247 g/mol. The van der Waals surface area contributed by atoms with E-state index in [2.05, 4.69) is 17.6 Å². The highest BCUT2D eigenvalue weighted by molar-refractivity contribution is 5.85. The molecule has 0 aromatic carbocycles. The van der Waals surface area contributed by atoms with E-state index >= 15 is 0 Å². The number of rotatable bonds is 2. The van der Waals surface area contributed by atoms with E-state index in [0.29, 0.717) is 6.04 Å².